The average molecular weight is 465 g/mol. The number of nitrogens with zero attached hydrogens (tertiary/aromatic N) is 1. The molecule has 28 heavy (non-hydrogen) atoms. The molecule has 6 heteroatoms. The monoisotopic (exact) mass is 463 g/mol. The van der Waals surface area contributed by atoms with Gasteiger partial charge < -0.3 is 10.0 Å². The number of carbonyl (C=O) groups excluding carboxylic acids is 2. The van der Waals surface area contributed by atoms with Gasteiger partial charge in [0.25, 0.3) is 0 Å². The van der Waals surface area contributed by atoms with Crippen molar-refractivity contribution in [3.05, 3.63) is 69.2 Å². The highest BCUT2D eigenvalue weighted by molar-refractivity contribution is 9.10. The maximum Gasteiger partial charge on any atom is 0.194 e. The first-order valence-corrected chi connectivity index (χ1v) is 10.6. The fourth-order valence-corrected chi connectivity index (χ4v) is 4.03. The Bertz CT molecular complexity index is 845. The van der Waals surface area contributed by atoms with E-state index in [9.17, 15) is 14.7 Å². The van der Waals surface area contributed by atoms with E-state index in [1.807, 2.05) is 24.3 Å². The van der Waals surface area contributed by atoms with Crippen LogP contribution in [0, 0.1) is 0 Å². The molecule has 2 aromatic rings. The molecule has 0 aromatic heterocycles. The van der Waals surface area contributed by atoms with E-state index < -0.39 is 5.60 Å². The van der Waals surface area contributed by atoms with Crippen LogP contribution in [0.1, 0.15) is 46.4 Å². The normalized spacial score (nSPS) is 16.7. The highest BCUT2D eigenvalue weighted by Gasteiger charge is 2.39. The second-order valence-electron chi connectivity index (χ2n) is 7.22. The minimum absolute atomic E-state index is 0.0459. The number of halogens is 2. The second kappa shape index (κ2) is 9.31. The van der Waals surface area contributed by atoms with Crippen molar-refractivity contribution in [3.63, 3.8) is 0 Å². The Kier molecular flexibility index (Phi) is 7.05. The number of likely N-dealkylation sites (tertiary alicyclic amines) is 1. The SMILES string of the molecule is O=C(CCCN1CCC(O)(C(=O)c2ccc(Br)cc2)CC1)c1ccccc1Cl. The molecule has 4 nitrogen and oxygen atoms in total. The van der Waals surface area contributed by atoms with Crippen molar-refractivity contribution in [2.45, 2.75) is 31.3 Å². The molecule has 0 amide bonds. The van der Waals surface area contributed by atoms with Crippen LogP contribution in [0.3, 0.4) is 0 Å². The first kappa shape index (κ1) is 21.2. The predicted molar refractivity (Wildman–Crippen MR) is 114 cm³/mol. The standard InChI is InChI=1S/C22H23BrClNO3/c23-17-9-7-16(8-10-17)21(27)22(28)11-14-25(15-12-22)13-3-6-20(26)18-4-1-2-5-19(18)24/h1-2,4-5,7-10,28H,3,6,11-15H2. The number of hydrogen-bond donors (Lipinski definition) is 1. The maximum absolute atomic E-state index is 12.7. The lowest BCUT2D eigenvalue weighted by Crippen LogP contribution is -2.49. The molecule has 1 aliphatic rings. The van der Waals surface area contributed by atoms with Gasteiger partial charge in [0, 0.05) is 35.1 Å². The molecule has 1 aliphatic heterocycles. The van der Waals surface area contributed by atoms with Crippen molar-refractivity contribution in [2.24, 2.45) is 0 Å². The van der Waals surface area contributed by atoms with Crippen LogP contribution in [0.15, 0.2) is 53.0 Å². The lowest BCUT2D eigenvalue weighted by Gasteiger charge is -2.37. The summed E-state index contributed by atoms with van der Waals surface area (Å²) >= 11 is 9.43. The topological polar surface area (TPSA) is 57.6 Å². The zero-order valence-electron chi connectivity index (χ0n) is 15.5. The summed E-state index contributed by atoms with van der Waals surface area (Å²) in [4.78, 5) is 27.2. The van der Waals surface area contributed by atoms with Gasteiger partial charge in [-0.15, -0.1) is 0 Å². The minimum atomic E-state index is -1.31. The molecule has 0 atom stereocenters. The molecule has 0 radical (unpaired) electrons. The van der Waals surface area contributed by atoms with E-state index in [2.05, 4.69) is 20.8 Å². The Morgan fingerprint density at radius 1 is 1.07 bits per heavy atom. The van der Waals surface area contributed by atoms with E-state index in [4.69, 9.17) is 11.6 Å². The van der Waals surface area contributed by atoms with Crippen LogP contribution in [0.4, 0.5) is 0 Å². The van der Waals surface area contributed by atoms with Gasteiger partial charge in [-0.3, -0.25) is 9.59 Å². The van der Waals surface area contributed by atoms with E-state index in [1.165, 1.54) is 0 Å². The lowest BCUT2D eigenvalue weighted by atomic mass is 9.84. The molecular formula is C22H23BrClNO3. The number of benzene rings is 2. The molecular weight excluding hydrogens is 442 g/mol. The van der Waals surface area contributed by atoms with Crippen LogP contribution in [-0.4, -0.2) is 46.8 Å². The smallest absolute Gasteiger partial charge is 0.194 e. The molecule has 0 spiro atoms. The van der Waals surface area contributed by atoms with Crippen LogP contribution >= 0.6 is 27.5 Å². The van der Waals surface area contributed by atoms with Crippen molar-refractivity contribution in [1.82, 2.24) is 4.90 Å². The largest absolute Gasteiger partial charge is 0.382 e. The molecule has 1 heterocycles. The Balaban J connectivity index is 1.47. The van der Waals surface area contributed by atoms with Gasteiger partial charge in [0.2, 0.25) is 0 Å². The van der Waals surface area contributed by atoms with Crippen LogP contribution in [-0.2, 0) is 0 Å². The summed E-state index contributed by atoms with van der Waals surface area (Å²) in [6.07, 6.45) is 1.96. The van der Waals surface area contributed by atoms with Crippen molar-refractivity contribution in [1.29, 1.82) is 0 Å². The van der Waals surface area contributed by atoms with Crippen LogP contribution in [0.25, 0.3) is 0 Å². The van der Waals surface area contributed by atoms with E-state index in [-0.39, 0.29) is 11.6 Å². The van der Waals surface area contributed by atoms with Crippen molar-refractivity contribution >= 4 is 39.1 Å². The second-order valence-corrected chi connectivity index (χ2v) is 8.54. The van der Waals surface area contributed by atoms with Gasteiger partial charge in [-0.25, -0.2) is 0 Å². The third kappa shape index (κ3) is 5.09. The Morgan fingerprint density at radius 3 is 2.36 bits per heavy atom. The van der Waals surface area contributed by atoms with E-state index in [1.54, 1.807) is 24.3 Å². The van der Waals surface area contributed by atoms with Crippen molar-refractivity contribution in [2.75, 3.05) is 19.6 Å². The highest BCUT2D eigenvalue weighted by Crippen LogP contribution is 2.27. The van der Waals surface area contributed by atoms with Gasteiger partial charge in [-0.05, 0) is 50.1 Å². The number of hydrogen-bond acceptors (Lipinski definition) is 4. The van der Waals surface area contributed by atoms with Gasteiger partial charge in [0.15, 0.2) is 11.6 Å². The number of aliphatic hydroxyl groups is 1. The van der Waals surface area contributed by atoms with E-state index in [0.29, 0.717) is 48.5 Å². The zero-order valence-corrected chi connectivity index (χ0v) is 17.9. The Labute approximate surface area is 178 Å². The molecule has 0 bridgehead atoms. The third-order valence-corrected chi connectivity index (χ3v) is 6.12. The number of ketones is 2. The van der Waals surface area contributed by atoms with Gasteiger partial charge >= 0.3 is 0 Å². The van der Waals surface area contributed by atoms with E-state index >= 15 is 0 Å². The van der Waals surface area contributed by atoms with Gasteiger partial charge in [0.05, 0.1) is 5.02 Å². The summed E-state index contributed by atoms with van der Waals surface area (Å²) in [7, 11) is 0. The zero-order chi connectivity index (χ0) is 20.1. The lowest BCUT2D eigenvalue weighted by molar-refractivity contribution is -0.00648. The summed E-state index contributed by atoms with van der Waals surface area (Å²) in [5.41, 5.74) is -0.209. The molecule has 0 unspecified atom stereocenters. The molecule has 1 fully saturated rings. The molecule has 0 saturated carbocycles. The molecule has 2 aromatic carbocycles. The minimum Gasteiger partial charge on any atom is -0.382 e. The number of carbonyl (C=O) groups is 2. The summed E-state index contributed by atoms with van der Waals surface area (Å²) in [5, 5.41) is 11.3. The quantitative estimate of drug-likeness (QED) is 0.599. The third-order valence-electron chi connectivity index (χ3n) is 5.26. The maximum atomic E-state index is 12.7. The number of rotatable bonds is 7. The van der Waals surface area contributed by atoms with E-state index in [0.717, 1.165) is 17.4 Å². The molecule has 0 aliphatic carbocycles. The summed E-state index contributed by atoms with van der Waals surface area (Å²) < 4.78 is 0.900. The molecule has 1 N–H and O–H groups in total. The fourth-order valence-electron chi connectivity index (χ4n) is 3.53. The Hall–Kier alpha value is -1.53. The number of Topliss-reactive ketones (excluding diaryl/α,β-unsaturated/α-hetero) is 2. The Morgan fingerprint density at radius 2 is 1.71 bits per heavy atom. The fraction of sp³-hybridized carbons (Fsp3) is 0.364. The van der Waals surface area contributed by atoms with Gasteiger partial charge in [-0.2, -0.15) is 0 Å². The first-order valence-electron chi connectivity index (χ1n) is 9.42. The predicted octanol–water partition coefficient (Wildman–Crippen LogP) is 4.78. The van der Waals surface area contributed by atoms with Crippen LogP contribution in [0.2, 0.25) is 5.02 Å². The summed E-state index contributed by atoms with van der Waals surface area (Å²) in [6.45, 7) is 2.04. The highest BCUT2D eigenvalue weighted by atomic mass is 79.9. The van der Waals surface area contributed by atoms with Crippen molar-refractivity contribution in [3.8, 4) is 0 Å². The van der Waals surface area contributed by atoms with Crippen LogP contribution in [0.5, 0.6) is 0 Å². The molecule has 1 saturated heterocycles. The van der Waals surface area contributed by atoms with Crippen LogP contribution < -0.4 is 0 Å². The number of piperidine rings is 1. The molecule has 3 rings (SSSR count). The summed E-state index contributed by atoms with van der Waals surface area (Å²) in [6, 6.07) is 14.2. The van der Waals surface area contributed by atoms with Gasteiger partial charge in [0.1, 0.15) is 5.60 Å². The molecule has 148 valence electrons. The first-order chi connectivity index (χ1) is 13.4. The van der Waals surface area contributed by atoms with Gasteiger partial charge in [-0.1, -0.05) is 51.8 Å². The average Bonchev–Trinajstić information content (AvgIpc) is 2.70. The summed E-state index contributed by atoms with van der Waals surface area (Å²) in [5.74, 6) is -0.168. The van der Waals surface area contributed by atoms with Crippen molar-refractivity contribution < 1.29 is 14.7 Å².